The van der Waals surface area contributed by atoms with Gasteiger partial charge in [0.25, 0.3) is 0 Å². The number of hydrogen-bond acceptors (Lipinski definition) is 3. The van der Waals surface area contributed by atoms with E-state index in [9.17, 15) is 4.79 Å². The lowest BCUT2D eigenvalue weighted by Gasteiger charge is -2.07. The third-order valence-electron chi connectivity index (χ3n) is 2.60. The summed E-state index contributed by atoms with van der Waals surface area (Å²) in [6.45, 7) is 1.96. The number of rotatable bonds is 5. The molecule has 0 bridgehead atoms. The minimum Gasteiger partial charge on any atom is -0.321 e. The molecule has 0 spiro atoms. The maximum absolute atomic E-state index is 11.8. The molecule has 1 heterocycles. The first-order valence-electron chi connectivity index (χ1n) is 5.43. The van der Waals surface area contributed by atoms with Gasteiger partial charge in [0.15, 0.2) is 5.78 Å². The quantitative estimate of drug-likeness (QED) is 0.800. The third kappa shape index (κ3) is 3.09. The van der Waals surface area contributed by atoms with Gasteiger partial charge in [0.2, 0.25) is 0 Å². The number of hydrogen-bond donors (Lipinski definition) is 1. The first-order chi connectivity index (χ1) is 8.01. The van der Waals surface area contributed by atoms with E-state index in [1.165, 1.54) is 0 Å². The molecule has 0 aliphatic heterocycles. The molecule has 5 heteroatoms. The van der Waals surface area contributed by atoms with Crippen LogP contribution in [0.15, 0.2) is 0 Å². The van der Waals surface area contributed by atoms with Gasteiger partial charge in [-0.15, -0.1) is 12.3 Å². The van der Waals surface area contributed by atoms with Gasteiger partial charge in [-0.25, -0.2) is 0 Å². The van der Waals surface area contributed by atoms with Gasteiger partial charge in [-0.3, -0.25) is 9.48 Å². The van der Waals surface area contributed by atoms with E-state index in [4.69, 9.17) is 23.8 Å². The molecule has 1 aromatic rings. The van der Waals surface area contributed by atoms with Gasteiger partial charge in [-0.05, 0) is 6.42 Å². The van der Waals surface area contributed by atoms with E-state index in [1.807, 2.05) is 6.92 Å². The maximum atomic E-state index is 11.8. The number of ketones is 1. The molecule has 0 radical (unpaired) electrons. The molecule has 0 saturated carbocycles. The minimum atomic E-state index is -0.629. The van der Waals surface area contributed by atoms with Crippen molar-refractivity contribution < 1.29 is 4.79 Å². The molecule has 0 aromatic carbocycles. The molecule has 92 valence electrons. The average Bonchev–Trinajstić information content (AvgIpc) is 2.56. The van der Waals surface area contributed by atoms with Crippen LogP contribution in [-0.2, 0) is 24.7 Å². The molecule has 0 aliphatic carbocycles. The standard InChI is InChI=1S/C12H16ClN3O/c1-4-6-8(14)11(17)7-10-12(13)9(5-2)15-16(10)3/h1,8H,5-7,14H2,2-3H3. The van der Waals surface area contributed by atoms with Gasteiger partial charge in [0.05, 0.1) is 28.9 Å². The number of Topliss-reactive ketones (excluding diaryl/α,β-unsaturated/α-hetero) is 1. The second kappa shape index (κ2) is 5.85. The lowest BCUT2D eigenvalue weighted by Crippen LogP contribution is -2.31. The average molecular weight is 254 g/mol. The van der Waals surface area contributed by atoms with E-state index in [1.54, 1.807) is 11.7 Å². The van der Waals surface area contributed by atoms with Crippen molar-refractivity contribution in [1.82, 2.24) is 9.78 Å². The van der Waals surface area contributed by atoms with Crippen LogP contribution in [0.4, 0.5) is 0 Å². The third-order valence-corrected chi connectivity index (χ3v) is 3.03. The van der Waals surface area contributed by atoms with Crippen molar-refractivity contribution in [3.8, 4) is 12.3 Å². The van der Waals surface area contributed by atoms with E-state index < -0.39 is 6.04 Å². The summed E-state index contributed by atoms with van der Waals surface area (Å²) >= 11 is 6.14. The summed E-state index contributed by atoms with van der Waals surface area (Å²) < 4.78 is 1.63. The molecule has 2 N–H and O–H groups in total. The number of aromatic nitrogens is 2. The van der Waals surface area contributed by atoms with Crippen LogP contribution in [0.25, 0.3) is 0 Å². The Hall–Kier alpha value is -1.31. The predicted octanol–water partition coefficient (Wildman–Crippen LogP) is 1.10. The smallest absolute Gasteiger partial charge is 0.156 e. The molecule has 4 nitrogen and oxygen atoms in total. The lowest BCUT2D eigenvalue weighted by atomic mass is 10.1. The Bertz CT molecular complexity index is 459. The van der Waals surface area contributed by atoms with E-state index in [2.05, 4.69) is 11.0 Å². The zero-order chi connectivity index (χ0) is 13.0. The van der Waals surface area contributed by atoms with Crippen LogP contribution >= 0.6 is 11.6 Å². The summed E-state index contributed by atoms with van der Waals surface area (Å²) in [6, 6.07) is -0.629. The van der Waals surface area contributed by atoms with Crippen LogP contribution in [-0.4, -0.2) is 21.6 Å². The van der Waals surface area contributed by atoms with Crippen LogP contribution < -0.4 is 5.73 Å². The molecule has 0 amide bonds. The number of carbonyl (C=O) groups excluding carboxylic acids is 1. The highest BCUT2D eigenvalue weighted by Crippen LogP contribution is 2.21. The van der Waals surface area contributed by atoms with Gasteiger partial charge < -0.3 is 5.73 Å². The van der Waals surface area contributed by atoms with E-state index in [0.717, 1.165) is 12.1 Å². The number of terminal acetylenes is 1. The Morgan fingerprint density at radius 3 is 2.82 bits per heavy atom. The Labute approximate surface area is 106 Å². The molecule has 1 rings (SSSR count). The SMILES string of the molecule is C#CCC(N)C(=O)Cc1c(Cl)c(CC)nn1C. The Kier molecular flexibility index (Phi) is 4.73. The molecular formula is C12H16ClN3O. The van der Waals surface area contributed by atoms with Crippen LogP contribution in [0, 0.1) is 12.3 Å². The van der Waals surface area contributed by atoms with Crippen molar-refractivity contribution in [3.05, 3.63) is 16.4 Å². The van der Waals surface area contributed by atoms with Crippen molar-refractivity contribution in [2.24, 2.45) is 12.8 Å². The van der Waals surface area contributed by atoms with Gasteiger partial charge in [0, 0.05) is 13.5 Å². The second-order valence-corrected chi connectivity index (χ2v) is 4.22. The fraction of sp³-hybridized carbons (Fsp3) is 0.500. The molecule has 17 heavy (non-hydrogen) atoms. The van der Waals surface area contributed by atoms with Crippen LogP contribution in [0.5, 0.6) is 0 Å². The number of halogens is 1. The van der Waals surface area contributed by atoms with E-state index >= 15 is 0 Å². The topological polar surface area (TPSA) is 60.9 Å². The zero-order valence-corrected chi connectivity index (χ0v) is 10.8. The van der Waals surface area contributed by atoms with Crippen molar-refractivity contribution in [1.29, 1.82) is 0 Å². The highest BCUT2D eigenvalue weighted by molar-refractivity contribution is 6.32. The van der Waals surface area contributed by atoms with Crippen LogP contribution in [0.2, 0.25) is 5.02 Å². The minimum absolute atomic E-state index is 0.115. The number of nitrogens with zero attached hydrogens (tertiary/aromatic N) is 2. The van der Waals surface area contributed by atoms with Gasteiger partial charge in [-0.1, -0.05) is 18.5 Å². The Morgan fingerprint density at radius 2 is 2.35 bits per heavy atom. The molecule has 1 atom stereocenters. The van der Waals surface area contributed by atoms with E-state index in [0.29, 0.717) is 10.7 Å². The van der Waals surface area contributed by atoms with Gasteiger partial charge in [0.1, 0.15) is 0 Å². The zero-order valence-electron chi connectivity index (χ0n) is 10.0. The highest BCUT2D eigenvalue weighted by Gasteiger charge is 2.19. The van der Waals surface area contributed by atoms with Crippen molar-refractivity contribution >= 4 is 17.4 Å². The summed E-state index contributed by atoms with van der Waals surface area (Å²) in [6.07, 6.45) is 6.27. The maximum Gasteiger partial charge on any atom is 0.156 e. The van der Waals surface area contributed by atoms with Gasteiger partial charge in [-0.2, -0.15) is 5.10 Å². The normalized spacial score (nSPS) is 12.2. The predicted molar refractivity (Wildman–Crippen MR) is 67.7 cm³/mol. The number of nitrogens with two attached hydrogens (primary N) is 1. The molecule has 0 aliphatic rings. The summed E-state index contributed by atoms with van der Waals surface area (Å²) in [5.41, 5.74) is 7.14. The van der Waals surface area contributed by atoms with E-state index in [-0.39, 0.29) is 18.6 Å². The fourth-order valence-corrected chi connectivity index (χ4v) is 1.91. The Morgan fingerprint density at radius 1 is 1.71 bits per heavy atom. The first kappa shape index (κ1) is 13.8. The van der Waals surface area contributed by atoms with Crippen LogP contribution in [0.3, 0.4) is 0 Å². The van der Waals surface area contributed by atoms with Crippen molar-refractivity contribution in [2.45, 2.75) is 32.2 Å². The molecular weight excluding hydrogens is 238 g/mol. The molecule has 1 unspecified atom stereocenters. The summed E-state index contributed by atoms with van der Waals surface area (Å²) in [5.74, 6) is 2.26. The highest BCUT2D eigenvalue weighted by atomic mass is 35.5. The monoisotopic (exact) mass is 253 g/mol. The number of aryl methyl sites for hydroxylation is 2. The summed E-state index contributed by atoms with van der Waals surface area (Å²) in [4.78, 5) is 11.8. The van der Waals surface area contributed by atoms with Crippen LogP contribution in [0.1, 0.15) is 24.7 Å². The molecule has 0 saturated heterocycles. The molecule has 1 aromatic heterocycles. The summed E-state index contributed by atoms with van der Waals surface area (Å²) in [5, 5.41) is 4.79. The van der Waals surface area contributed by atoms with Gasteiger partial charge >= 0.3 is 0 Å². The summed E-state index contributed by atoms with van der Waals surface area (Å²) in [7, 11) is 1.76. The fourth-order valence-electron chi connectivity index (χ4n) is 1.55. The first-order valence-corrected chi connectivity index (χ1v) is 5.81. The Balaban J connectivity index is 2.85. The number of carbonyl (C=O) groups is 1. The molecule has 0 fully saturated rings. The van der Waals surface area contributed by atoms with Crippen molar-refractivity contribution in [2.75, 3.05) is 0 Å². The largest absolute Gasteiger partial charge is 0.321 e. The van der Waals surface area contributed by atoms with Crippen molar-refractivity contribution in [3.63, 3.8) is 0 Å². The second-order valence-electron chi connectivity index (χ2n) is 3.84. The lowest BCUT2D eigenvalue weighted by molar-refractivity contribution is -0.119.